The van der Waals surface area contributed by atoms with E-state index in [4.69, 9.17) is 0 Å². The first kappa shape index (κ1) is 22.9. The third-order valence-electron chi connectivity index (χ3n) is 6.32. The van der Waals surface area contributed by atoms with Crippen LogP contribution in [-0.4, -0.2) is 73.3 Å². The second-order valence-electron chi connectivity index (χ2n) is 8.67. The first-order chi connectivity index (χ1) is 15.9. The fourth-order valence-electron chi connectivity index (χ4n) is 4.33. The summed E-state index contributed by atoms with van der Waals surface area (Å²) in [4.78, 5) is 43.4. The van der Waals surface area contributed by atoms with Crippen LogP contribution in [0.25, 0.3) is 0 Å². The van der Waals surface area contributed by atoms with Crippen LogP contribution in [-0.2, 0) is 9.59 Å². The summed E-state index contributed by atoms with van der Waals surface area (Å²) in [5.41, 5.74) is 2.40. The van der Waals surface area contributed by atoms with Gasteiger partial charge in [-0.1, -0.05) is 17.7 Å². The third kappa shape index (κ3) is 5.57. The van der Waals surface area contributed by atoms with Crippen molar-refractivity contribution in [1.82, 2.24) is 15.1 Å². The molecule has 1 unspecified atom stereocenters. The second-order valence-corrected chi connectivity index (χ2v) is 8.67. The Morgan fingerprint density at radius 3 is 2.33 bits per heavy atom. The second kappa shape index (κ2) is 10.1. The lowest BCUT2D eigenvalue weighted by atomic mass is 10.1. The molecule has 0 radical (unpaired) electrons. The minimum absolute atomic E-state index is 0.00673. The number of hydrogen-bond donors (Lipinski definition) is 1. The maximum absolute atomic E-state index is 13.0. The zero-order chi connectivity index (χ0) is 23.4. The van der Waals surface area contributed by atoms with Crippen molar-refractivity contribution in [1.29, 1.82) is 0 Å². The van der Waals surface area contributed by atoms with Gasteiger partial charge in [0.25, 0.3) is 5.91 Å². The highest BCUT2D eigenvalue weighted by molar-refractivity contribution is 6.00. The van der Waals surface area contributed by atoms with Crippen LogP contribution in [0.3, 0.4) is 0 Å². The number of rotatable bonds is 6. The molecule has 1 atom stereocenters. The fraction of sp³-hybridized carbons (Fsp3) is 0.400. The number of benzene rings is 2. The van der Waals surface area contributed by atoms with E-state index in [0.29, 0.717) is 38.3 Å². The van der Waals surface area contributed by atoms with Crippen LogP contribution in [0, 0.1) is 18.7 Å². The molecule has 0 aliphatic carbocycles. The highest BCUT2D eigenvalue weighted by atomic mass is 19.1. The number of nitrogens with one attached hydrogen (secondary N) is 1. The van der Waals surface area contributed by atoms with E-state index in [2.05, 4.69) is 10.2 Å². The van der Waals surface area contributed by atoms with Gasteiger partial charge in [0.15, 0.2) is 0 Å². The molecule has 2 heterocycles. The van der Waals surface area contributed by atoms with Gasteiger partial charge in [-0.3, -0.25) is 19.3 Å². The fourth-order valence-corrected chi connectivity index (χ4v) is 4.33. The molecule has 2 aliphatic rings. The van der Waals surface area contributed by atoms with Crippen LogP contribution >= 0.6 is 0 Å². The Balaban J connectivity index is 1.20. The predicted molar refractivity (Wildman–Crippen MR) is 123 cm³/mol. The van der Waals surface area contributed by atoms with E-state index in [1.54, 1.807) is 4.90 Å². The maximum atomic E-state index is 13.0. The Morgan fingerprint density at radius 2 is 1.67 bits per heavy atom. The molecule has 8 heteroatoms. The third-order valence-corrected chi connectivity index (χ3v) is 6.32. The van der Waals surface area contributed by atoms with Gasteiger partial charge in [-0.2, -0.15) is 0 Å². The van der Waals surface area contributed by atoms with Crippen LogP contribution < -0.4 is 10.2 Å². The minimum Gasteiger partial charge on any atom is -0.351 e. The van der Waals surface area contributed by atoms with Gasteiger partial charge in [0.05, 0.1) is 5.92 Å². The van der Waals surface area contributed by atoms with Crippen molar-refractivity contribution < 1.29 is 18.8 Å². The molecule has 1 N–H and O–H groups in total. The molecule has 2 aromatic rings. The average Bonchev–Trinajstić information content (AvgIpc) is 3.21. The molecule has 2 aliphatic heterocycles. The Bertz CT molecular complexity index is 1000. The highest BCUT2D eigenvalue weighted by Gasteiger charge is 2.37. The number of aryl methyl sites for hydroxylation is 1. The smallest absolute Gasteiger partial charge is 0.251 e. The lowest BCUT2D eigenvalue weighted by Crippen LogP contribution is -2.51. The number of anilines is 1. The molecular weight excluding hydrogens is 423 g/mol. The van der Waals surface area contributed by atoms with Gasteiger partial charge < -0.3 is 15.1 Å². The SMILES string of the molecule is Cc1ccc(N2CC(C(=O)N3CCN(CCNC(=O)c4ccc(F)cc4)CC3)CC2=O)cc1. The van der Waals surface area contributed by atoms with Crippen molar-refractivity contribution in [3.8, 4) is 0 Å². The number of amides is 3. The first-order valence-electron chi connectivity index (χ1n) is 11.3. The predicted octanol–water partition coefficient (Wildman–Crippen LogP) is 2.06. The summed E-state index contributed by atoms with van der Waals surface area (Å²) in [5, 5.41) is 2.85. The zero-order valence-corrected chi connectivity index (χ0v) is 18.8. The summed E-state index contributed by atoms with van der Waals surface area (Å²) < 4.78 is 13.0. The monoisotopic (exact) mass is 452 g/mol. The lowest BCUT2D eigenvalue weighted by molar-refractivity contribution is -0.137. The van der Waals surface area contributed by atoms with Crippen molar-refractivity contribution in [3.05, 3.63) is 65.5 Å². The molecule has 0 saturated carbocycles. The van der Waals surface area contributed by atoms with Gasteiger partial charge in [0.2, 0.25) is 11.8 Å². The van der Waals surface area contributed by atoms with E-state index in [0.717, 1.165) is 24.3 Å². The summed E-state index contributed by atoms with van der Waals surface area (Å²) in [6, 6.07) is 13.2. The standard InChI is InChI=1S/C25H29FN4O3/c1-18-2-8-22(9-3-18)30-17-20(16-23(30)31)25(33)29-14-12-28(13-15-29)11-10-27-24(32)19-4-6-21(26)7-5-19/h2-9,20H,10-17H2,1H3,(H,27,32). The average molecular weight is 453 g/mol. The maximum Gasteiger partial charge on any atom is 0.251 e. The molecular formula is C25H29FN4O3. The van der Waals surface area contributed by atoms with Crippen molar-refractivity contribution in [2.24, 2.45) is 5.92 Å². The summed E-state index contributed by atoms with van der Waals surface area (Å²) in [5.74, 6) is -0.869. The van der Waals surface area contributed by atoms with Crippen LogP contribution in [0.2, 0.25) is 0 Å². The molecule has 2 saturated heterocycles. The number of carbonyl (C=O) groups is 3. The highest BCUT2D eigenvalue weighted by Crippen LogP contribution is 2.27. The number of halogens is 1. The van der Waals surface area contributed by atoms with Gasteiger partial charge in [-0.15, -0.1) is 0 Å². The van der Waals surface area contributed by atoms with Crippen molar-refractivity contribution >= 4 is 23.4 Å². The van der Waals surface area contributed by atoms with Gasteiger partial charge >= 0.3 is 0 Å². The topological polar surface area (TPSA) is 73.0 Å². The molecule has 2 fully saturated rings. The summed E-state index contributed by atoms with van der Waals surface area (Å²) in [6.07, 6.45) is 0.252. The largest absolute Gasteiger partial charge is 0.351 e. The molecule has 4 rings (SSSR count). The summed E-state index contributed by atoms with van der Waals surface area (Å²) >= 11 is 0. The molecule has 0 bridgehead atoms. The molecule has 0 spiro atoms. The lowest BCUT2D eigenvalue weighted by Gasteiger charge is -2.35. The van der Waals surface area contributed by atoms with Crippen molar-refractivity contribution in [3.63, 3.8) is 0 Å². The number of nitrogens with zero attached hydrogens (tertiary/aromatic N) is 3. The van der Waals surface area contributed by atoms with Crippen LogP contribution in [0.15, 0.2) is 48.5 Å². The molecule has 0 aromatic heterocycles. The van der Waals surface area contributed by atoms with Crippen molar-refractivity contribution in [2.45, 2.75) is 13.3 Å². The molecule has 33 heavy (non-hydrogen) atoms. The van der Waals surface area contributed by atoms with Gasteiger partial charge in [-0.05, 0) is 43.3 Å². The number of carbonyl (C=O) groups excluding carboxylic acids is 3. The van der Waals surface area contributed by atoms with E-state index >= 15 is 0 Å². The van der Waals surface area contributed by atoms with Crippen LogP contribution in [0.4, 0.5) is 10.1 Å². The summed E-state index contributed by atoms with van der Waals surface area (Å²) in [6.45, 7) is 6.25. The van der Waals surface area contributed by atoms with Crippen molar-refractivity contribution in [2.75, 3.05) is 50.7 Å². The molecule has 7 nitrogen and oxygen atoms in total. The molecule has 174 valence electrons. The molecule has 3 amide bonds. The van der Waals surface area contributed by atoms with Gasteiger partial charge in [-0.25, -0.2) is 4.39 Å². The Labute approximate surface area is 193 Å². The van der Waals surface area contributed by atoms with Crippen LogP contribution in [0.1, 0.15) is 22.3 Å². The van der Waals surface area contributed by atoms with E-state index in [-0.39, 0.29) is 35.9 Å². The summed E-state index contributed by atoms with van der Waals surface area (Å²) in [7, 11) is 0. The Hall–Kier alpha value is -3.26. The van der Waals surface area contributed by atoms with Crippen LogP contribution in [0.5, 0.6) is 0 Å². The van der Waals surface area contributed by atoms with E-state index in [1.807, 2.05) is 36.1 Å². The van der Waals surface area contributed by atoms with Gasteiger partial charge in [0, 0.05) is 63.5 Å². The quantitative estimate of drug-likeness (QED) is 0.728. The zero-order valence-electron chi connectivity index (χ0n) is 18.8. The van der Waals surface area contributed by atoms with Gasteiger partial charge in [0.1, 0.15) is 5.82 Å². The number of hydrogen-bond acceptors (Lipinski definition) is 4. The minimum atomic E-state index is -0.371. The normalized spacial score (nSPS) is 19.1. The number of piperazine rings is 1. The first-order valence-corrected chi connectivity index (χ1v) is 11.3. The van der Waals surface area contributed by atoms with E-state index in [9.17, 15) is 18.8 Å². The van der Waals surface area contributed by atoms with E-state index in [1.165, 1.54) is 24.3 Å². The Kier molecular flexibility index (Phi) is 7.03. The molecule has 2 aromatic carbocycles. The Morgan fingerprint density at radius 1 is 1.00 bits per heavy atom. The van der Waals surface area contributed by atoms with E-state index < -0.39 is 0 Å².